The van der Waals surface area contributed by atoms with Crippen LogP contribution in [0.2, 0.25) is 0 Å². The Bertz CT molecular complexity index is 1150. The van der Waals surface area contributed by atoms with E-state index in [4.69, 9.17) is 9.72 Å². The lowest BCUT2D eigenvalue weighted by molar-refractivity contribution is 0.0641. The van der Waals surface area contributed by atoms with Gasteiger partial charge in [0.05, 0.1) is 34.6 Å². The Morgan fingerprint density at radius 1 is 1.17 bits per heavy atom. The third kappa shape index (κ3) is 4.90. The largest absolute Gasteiger partial charge is 0.378 e. The summed E-state index contributed by atoms with van der Waals surface area (Å²) in [6, 6.07) is 4.05. The molecular formula is C26H34N6O2S. The van der Waals surface area contributed by atoms with E-state index in [0.29, 0.717) is 23.8 Å². The molecule has 0 spiro atoms. The molecule has 3 aromatic heterocycles. The van der Waals surface area contributed by atoms with Crippen molar-refractivity contribution in [3.8, 4) is 16.5 Å². The number of aromatic nitrogens is 4. The summed E-state index contributed by atoms with van der Waals surface area (Å²) < 4.78 is 7.09. The number of hydrogen-bond donors (Lipinski definition) is 1. The SMILES string of the molecule is COCc1c(C(=O)NCC2(N3CCCCC3)CCCC2)cnn1-c1ncc(C)c(-c2cccs2)n1. The molecule has 35 heavy (non-hydrogen) atoms. The van der Waals surface area contributed by atoms with E-state index in [2.05, 4.69) is 20.3 Å². The van der Waals surface area contributed by atoms with Crippen LogP contribution in [0.3, 0.4) is 0 Å². The number of carbonyl (C=O) groups excluding carboxylic acids is 1. The lowest BCUT2D eigenvalue weighted by Crippen LogP contribution is -2.55. The minimum Gasteiger partial charge on any atom is -0.378 e. The topological polar surface area (TPSA) is 85.2 Å². The van der Waals surface area contributed by atoms with E-state index in [1.54, 1.807) is 35.5 Å². The Hall–Kier alpha value is -2.62. The van der Waals surface area contributed by atoms with Crippen LogP contribution in [0.5, 0.6) is 0 Å². The maximum Gasteiger partial charge on any atom is 0.254 e. The fraction of sp³-hybridized carbons (Fsp3) is 0.538. The minimum absolute atomic E-state index is 0.0865. The smallest absolute Gasteiger partial charge is 0.254 e. The molecule has 2 fully saturated rings. The number of nitrogens with one attached hydrogen (secondary N) is 1. The van der Waals surface area contributed by atoms with Crippen LogP contribution in [0.15, 0.2) is 29.9 Å². The van der Waals surface area contributed by atoms with Crippen molar-refractivity contribution in [3.63, 3.8) is 0 Å². The van der Waals surface area contributed by atoms with Crippen LogP contribution in [0.25, 0.3) is 16.5 Å². The molecule has 2 aliphatic rings. The predicted molar refractivity (Wildman–Crippen MR) is 137 cm³/mol. The number of hydrogen-bond acceptors (Lipinski definition) is 7. The molecule has 5 rings (SSSR count). The fourth-order valence-corrected chi connectivity index (χ4v) is 6.33. The molecule has 9 heteroatoms. The van der Waals surface area contributed by atoms with Crippen LogP contribution in [0.1, 0.15) is 66.6 Å². The molecule has 8 nitrogen and oxygen atoms in total. The number of piperidine rings is 1. The molecule has 0 bridgehead atoms. The molecule has 0 aromatic carbocycles. The molecule has 4 heterocycles. The van der Waals surface area contributed by atoms with Gasteiger partial charge in [-0.25, -0.2) is 9.97 Å². The Morgan fingerprint density at radius 2 is 1.97 bits per heavy atom. The van der Waals surface area contributed by atoms with Crippen molar-refractivity contribution in [2.24, 2.45) is 0 Å². The number of amides is 1. The zero-order chi connectivity index (χ0) is 24.3. The van der Waals surface area contributed by atoms with E-state index in [1.807, 2.05) is 24.4 Å². The van der Waals surface area contributed by atoms with Gasteiger partial charge in [-0.05, 0) is 62.7 Å². The summed E-state index contributed by atoms with van der Waals surface area (Å²) in [7, 11) is 1.62. The maximum absolute atomic E-state index is 13.4. The summed E-state index contributed by atoms with van der Waals surface area (Å²) in [4.78, 5) is 26.4. The second-order valence-corrected chi connectivity index (χ2v) is 10.6. The van der Waals surface area contributed by atoms with Gasteiger partial charge in [-0.3, -0.25) is 9.69 Å². The first-order valence-electron chi connectivity index (χ1n) is 12.6. The Morgan fingerprint density at radius 3 is 2.69 bits per heavy atom. The van der Waals surface area contributed by atoms with Crippen molar-refractivity contribution in [2.75, 3.05) is 26.7 Å². The first-order chi connectivity index (χ1) is 17.1. The molecule has 1 amide bonds. The lowest BCUT2D eigenvalue weighted by atomic mass is 9.92. The van der Waals surface area contributed by atoms with Crippen molar-refractivity contribution in [3.05, 3.63) is 46.7 Å². The number of thiophene rings is 1. The number of carbonyl (C=O) groups is 1. The second-order valence-electron chi connectivity index (χ2n) is 9.69. The van der Waals surface area contributed by atoms with E-state index in [9.17, 15) is 4.79 Å². The summed E-state index contributed by atoms with van der Waals surface area (Å²) in [5, 5.41) is 9.80. The first kappa shape index (κ1) is 24.1. The molecule has 1 aliphatic carbocycles. The Kier molecular flexibility index (Phi) is 7.27. The number of rotatable bonds is 8. The quantitative estimate of drug-likeness (QED) is 0.500. The third-order valence-electron chi connectivity index (χ3n) is 7.44. The number of likely N-dealkylation sites (tertiary alicyclic amines) is 1. The van der Waals surface area contributed by atoms with Crippen LogP contribution in [0, 0.1) is 6.92 Å². The molecule has 3 aromatic rings. The van der Waals surface area contributed by atoms with Crippen LogP contribution in [0.4, 0.5) is 0 Å². The zero-order valence-corrected chi connectivity index (χ0v) is 21.4. The van der Waals surface area contributed by atoms with E-state index in [-0.39, 0.29) is 18.1 Å². The second kappa shape index (κ2) is 10.6. The fourth-order valence-electron chi connectivity index (χ4n) is 5.56. The van der Waals surface area contributed by atoms with Gasteiger partial charge in [-0.15, -0.1) is 11.3 Å². The van der Waals surface area contributed by atoms with Gasteiger partial charge in [0.15, 0.2) is 0 Å². The number of ether oxygens (including phenoxy) is 1. The molecule has 1 aliphatic heterocycles. The van der Waals surface area contributed by atoms with Gasteiger partial charge in [-0.1, -0.05) is 25.3 Å². The van der Waals surface area contributed by atoms with Crippen molar-refractivity contribution >= 4 is 17.2 Å². The van der Waals surface area contributed by atoms with Gasteiger partial charge in [0.2, 0.25) is 0 Å². The van der Waals surface area contributed by atoms with E-state index >= 15 is 0 Å². The standard InChI is InChI=1S/C26H34N6O2S/c1-19-15-27-25(30-23(19)22-9-8-14-35-22)32-21(17-34-2)20(16-29-32)24(33)28-18-26(10-4-5-11-26)31-12-6-3-7-13-31/h8-9,14-16H,3-7,10-13,17-18H2,1-2H3,(H,28,33). The van der Waals surface area contributed by atoms with Gasteiger partial charge in [0, 0.05) is 25.4 Å². The summed E-state index contributed by atoms with van der Waals surface area (Å²) in [6.07, 6.45) is 12.0. The van der Waals surface area contributed by atoms with Crippen LogP contribution >= 0.6 is 11.3 Å². The Balaban J connectivity index is 1.39. The number of nitrogens with zero attached hydrogens (tertiary/aromatic N) is 5. The molecule has 1 N–H and O–H groups in total. The number of methoxy groups -OCH3 is 1. The molecule has 0 unspecified atom stereocenters. The van der Waals surface area contributed by atoms with E-state index in [0.717, 1.165) is 42.1 Å². The van der Waals surface area contributed by atoms with Gasteiger partial charge in [-0.2, -0.15) is 9.78 Å². The number of aryl methyl sites for hydroxylation is 1. The highest BCUT2D eigenvalue weighted by Gasteiger charge is 2.40. The maximum atomic E-state index is 13.4. The molecule has 1 saturated heterocycles. The Labute approximate surface area is 210 Å². The average Bonchev–Trinajstić information content (AvgIpc) is 3.66. The van der Waals surface area contributed by atoms with Crippen molar-refractivity contribution in [2.45, 2.75) is 64.0 Å². The van der Waals surface area contributed by atoms with Crippen LogP contribution in [-0.4, -0.2) is 62.8 Å². The van der Waals surface area contributed by atoms with Gasteiger partial charge < -0.3 is 10.1 Å². The van der Waals surface area contributed by atoms with Crippen molar-refractivity contribution in [1.82, 2.24) is 30.0 Å². The molecule has 0 atom stereocenters. The minimum atomic E-state index is -0.114. The molecule has 0 radical (unpaired) electrons. The zero-order valence-electron chi connectivity index (χ0n) is 20.6. The monoisotopic (exact) mass is 494 g/mol. The first-order valence-corrected chi connectivity index (χ1v) is 13.5. The molecule has 186 valence electrons. The summed E-state index contributed by atoms with van der Waals surface area (Å²) in [5.74, 6) is 0.322. The molecule has 1 saturated carbocycles. The average molecular weight is 495 g/mol. The van der Waals surface area contributed by atoms with Gasteiger partial charge in [0.25, 0.3) is 11.9 Å². The van der Waals surface area contributed by atoms with Gasteiger partial charge in [0.1, 0.15) is 0 Å². The van der Waals surface area contributed by atoms with Crippen LogP contribution < -0.4 is 5.32 Å². The summed E-state index contributed by atoms with van der Waals surface area (Å²) in [6.45, 7) is 5.19. The van der Waals surface area contributed by atoms with E-state index < -0.39 is 0 Å². The highest BCUT2D eigenvalue weighted by molar-refractivity contribution is 7.13. The third-order valence-corrected chi connectivity index (χ3v) is 8.31. The van der Waals surface area contributed by atoms with Crippen molar-refractivity contribution in [1.29, 1.82) is 0 Å². The highest BCUT2D eigenvalue weighted by atomic mass is 32.1. The molecular weight excluding hydrogens is 460 g/mol. The summed E-state index contributed by atoms with van der Waals surface area (Å²) >= 11 is 1.64. The van der Waals surface area contributed by atoms with Crippen molar-refractivity contribution < 1.29 is 9.53 Å². The summed E-state index contributed by atoms with van der Waals surface area (Å²) in [5.41, 5.74) is 3.13. The normalized spacial score (nSPS) is 18.1. The van der Waals surface area contributed by atoms with E-state index in [1.165, 1.54) is 32.1 Å². The van der Waals surface area contributed by atoms with Gasteiger partial charge >= 0.3 is 0 Å². The van der Waals surface area contributed by atoms with Crippen LogP contribution in [-0.2, 0) is 11.3 Å². The lowest BCUT2D eigenvalue weighted by Gasteiger charge is -2.43. The predicted octanol–water partition coefficient (Wildman–Crippen LogP) is 4.37. The highest BCUT2D eigenvalue weighted by Crippen LogP contribution is 2.36.